The average Bonchev–Trinajstić information content (AvgIpc) is 3.13. The van der Waals surface area contributed by atoms with E-state index in [-0.39, 0.29) is 5.97 Å². The molecule has 0 unspecified atom stereocenters. The molecule has 1 heterocycles. The quantitative estimate of drug-likeness (QED) is 0.489. The van der Waals surface area contributed by atoms with Crippen LogP contribution in [0.5, 0.6) is 0 Å². The molecule has 0 aliphatic rings. The molecule has 0 aliphatic carbocycles. The van der Waals surface area contributed by atoms with Gasteiger partial charge in [0.2, 0.25) is 0 Å². The standard InChI is InChI=1S/C23H17N3O2/c1-2-28-23(27)18-9-6-10-19(14-18)26-21-12-11-16(15-24)13-20(21)25-22(26)17-7-4-3-5-8-17/h3-14H,2H2,1H3. The third kappa shape index (κ3) is 3.12. The van der Waals surface area contributed by atoms with Crippen molar-refractivity contribution in [2.45, 2.75) is 6.92 Å². The van der Waals surface area contributed by atoms with Crippen LogP contribution in [0.15, 0.2) is 72.8 Å². The Labute approximate surface area is 162 Å². The third-order valence-corrected chi connectivity index (χ3v) is 4.43. The lowest BCUT2D eigenvalue weighted by Crippen LogP contribution is -2.06. The summed E-state index contributed by atoms with van der Waals surface area (Å²) in [5.74, 6) is 0.383. The van der Waals surface area contributed by atoms with E-state index in [4.69, 9.17) is 9.72 Å². The van der Waals surface area contributed by atoms with E-state index in [1.165, 1.54) is 0 Å². The largest absolute Gasteiger partial charge is 0.462 e. The van der Waals surface area contributed by atoms with Gasteiger partial charge in [-0.15, -0.1) is 0 Å². The van der Waals surface area contributed by atoms with Crippen molar-refractivity contribution in [2.24, 2.45) is 0 Å². The number of imidazole rings is 1. The van der Waals surface area contributed by atoms with Crippen LogP contribution in [0.2, 0.25) is 0 Å². The molecule has 3 aromatic carbocycles. The summed E-state index contributed by atoms with van der Waals surface area (Å²) in [7, 11) is 0. The normalized spacial score (nSPS) is 10.6. The lowest BCUT2D eigenvalue weighted by molar-refractivity contribution is 0.0526. The smallest absolute Gasteiger partial charge is 0.338 e. The molecule has 136 valence electrons. The Morgan fingerprint density at radius 1 is 1.07 bits per heavy atom. The van der Waals surface area contributed by atoms with Gasteiger partial charge in [0.15, 0.2) is 0 Å². The summed E-state index contributed by atoms with van der Waals surface area (Å²) in [4.78, 5) is 17.0. The minimum atomic E-state index is -0.359. The van der Waals surface area contributed by atoms with Crippen LogP contribution in [0.25, 0.3) is 28.1 Å². The molecule has 5 heteroatoms. The molecule has 28 heavy (non-hydrogen) atoms. The molecule has 5 nitrogen and oxygen atoms in total. The van der Waals surface area contributed by atoms with Crippen molar-refractivity contribution in [3.63, 3.8) is 0 Å². The van der Waals surface area contributed by atoms with Crippen molar-refractivity contribution in [1.82, 2.24) is 9.55 Å². The first-order chi connectivity index (χ1) is 13.7. The van der Waals surface area contributed by atoms with Crippen molar-refractivity contribution >= 4 is 17.0 Å². The monoisotopic (exact) mass is 367 g/mol. The topological polar surface area (TPSA) is 67.9 Å². The fourth-order valence-corrected chi connectivity index (χ4v) is 3.18. The van der Waals surface area contributed by atoms with Crippen molar-refractivity contribution in [3.05, 3.63) is 83.9 Å². The highest BCUT2D eigenvalue weighted by atomic mass is 16.5. The second-order valence-electron chi connectivity index (χ2n) is 6.22. The highest BCUT2D eigenvalue weighted by Crippen LogP contribution is 2.29. The number of nitriles is 1. The summed E-state index contributed by atoms with van der Waals surface area (Å²) >= 11 is 0. The van der Waals surface area contributed by atoms with Gasteiger partial charge in [0, 0.05) is 11.3 Å². The molecule has 0 saturated carbocycles. The number of ether oxygens (including phenoxy) is 1. The predicted molar refractivity (Wildman–Crippen MR) is 107 cm³/mol. The Morgan fingerprint density at radius 2 is 1.89 bits per heavy atom. The number of fused-ring (bicyclic) bond motifs is 1. The van der Waals surface area contributed by atoms with Gasteiger partial charge in [-0.3, -0.25) is 4.57 Å². The number of aromatic nitrogens is 2. The average molecular weight is 367 g/mol. The molecule has 0 N–H and O–H groups in total. The number of benzene rings is 3. The first-order valence-electron chi connectivity index (χ1n) is 8.97. The highest BCUT2D eigenvalue weighted by Gasteiger charge is 2.16. The van der Waals surface area contributed by atoms with E-state index in [1.807, 2.05) is 53.1 Å². The van der Waals surface area contributed by atoms with Gasteiger partial charge in [-0.2, -0.15) is 5.26 Å². The molecular formula is C23H17N3O2. The van der Waals surface area contributed by atoms with Crippen LogP contribution >= 0.6 is 0 Å². The number of esters is 1. The SMILES string of the molecule is CCOC(=O)c1cccc(-n2c(-c3ccccc3)nc3cc(C#N)ccc32)c1. The van der Waals surface area contributed by atoms with E-state index in [0.717, 1.165) is 28.1 Å². The molecule has 0 aliphatic heterocycles. The zero-order valence-electron chi connectivity index (χ0n) is 15.3. The second kappa shape index (κ2) is 7.37. The maximum Gasteiger partial charge on any atom is 0.338 e. The van der Waals surface area contributed by atoms with Gasteiger partial charge in [-0.25, -0.2) is 9.78 Å². The molecule has 0 fully saturated rings. The summed E-state index contributed by atoms with van der Waals surface area (Å²) in [6, 6.07) is 24.7. The van der Waals surface area contributed by atoms with Gasteiger partial charge >= 0.3 is 5.97 Å². The van der Waals surface area contributed by atoms with E-state index in [2.05, 4.69) is 6.07 Å². The summed E-state index contributed by atoms with van der Waals surface area (Å²) in [5.41, 5.74) is 4.36. The number of hydrogen-bond acceptors (Lipinski definition) is 4. The Balaban J connectivity index is 1.96. The van der Waals surface area contributed by atoms with E-state index in [0.29, 0.717) is 17.7 Å². The fourth-order valence-electron chi connectivity index (χ4n) is 3.18. The predicted octanol–water partition coefficient (Wildman–Crippen LogP) is 4.74. The van der Waals surface area contributed by atoms with Crippen LogP contribution in [0.1, 0.15) is 22.8 Å². The molecule has 0 atom stereocenters. The van der Waals surface area contributed by atoms with Gasteiger partial charge in [-0.1, -0.05) is 36.4 Å². The number of carbonyl (C=O) groups is 1. The lowest BCUT2D eigenvalue weighted by atomic mass is 10.1. The lowest BCUT2D eigenvalue weighted by Gasteiger charge is -2.11. The summed E-state index contributed by atoms with van der Waals surface area (Å²) in [6.45, 7) is 2.11. The van der Waals surface area contributed by atoms with Crippen molar-refractivity contribution < 1.29 is 9.53 Å². The Kier molecular flexibility index (Phi) is 4.61. The maximum atomic E-state index is 12.2. The Morgan fingerprint density at radius 3 is 2.64 bits per heavy atom. The van der Waals surface area contributed by atoms with Crippen LogP contribution in [-0.2, 0) is 4.74 Å². The molecule has 0 spiro atoms. The molecule has 0 saturated heterocycles. The number of rotatable bonds is 4. The fraction of sp³-hybridized carbons (Fsp3) is 0.0870. The molecule has 0 radical (unpaired) electrons. The molecule has 4 aromatic rings. The first kappa shape index (κ1) is 17.5. The first-order valence-corrected chi connectivity index (χ1v) is 8.97. The van der Waals surface area contributed by atoms with Crippen LogP contribution in [0.4, 0.5) is 0 Å². The van der Waals surface area contributed by atoms with Gasteiger partial charge in [0.1, 0.15) is 5.82 Å². The summed E-state index contributed by atoms with van der Waals surface area (Å²) in [6.07, 6.45) is 0. The Bertz CT molecular complexity index is 1200. The van der Waals surface area contributed by atoms with Crippen LogP contribution in [0.3, 0.4) is 0 Å². The van der Waals surface area contributed by atoms with E-state index in [1.54, 1.807) is 31.2 Å². The minimum Gasteiger partial charge on any atom is -0.462 e. The second-order valence-corrected chi connectivity index (χ2v) is 6.22. The maximum absolute atomic E-state index is 12.2. The summed E-state index contributed by atoms with van der Waals surface area (Å²) in [5, 5.41) is 9.22. The molecular weight excluding hydrogens is 350 g/mol. The van der Waals surface area contributed by atoms with Gasteiger partial charge in [0.05, 0.1) is 34.8 Å². The number of carbonyl (C=O) groups excluding carboxylic acids is 1. The van der Waals surface area contributed by atoms with Gasteiger partial charge < -0.3 is 4.74 Å². The van der Waals surface area contributed by atoms with Crippen LogP contribution in [0, 0.1) is 11.3 Å². The van der Waals surface area contributed by atoms with Crippen molar-refractivity contribution in [1.29, 1.82) is 5.26 Å². The zero-order valence-corrected chi connectivity index (χ0v) is 15.3. The zero-order chi connectivity index (χ0) is 19.5. The molecule has 4 rings (SSSR count). The van der Waals surface area contributed by atoms with Crippen molar-refractivity contribution in [2.75, 3.05) is 6.61 Å². The number of hydrogen-bond donors (Lipinski definition) is 0. The number of nitrogens with zero attached hydrogens (tertiary/aromatic N) is 3. The van der Waals surface area contributed by atoms with Gasteiger partial charge in [0.25, 0.3) is 0 Å². The van der Waals surface area contributed by atoms with Crippen molar-refractivity contribution in [3.8, 4) is 23.1 Å². The Hall–Kier alpha value is -3.91. The third-order valence-electron chi connectivity index (χ3n) is 4.43. The molecule has 0 amide bonds. The highest BCUT2D eigenvalue weighted by molar-refractivity contribution is 5.91. The van der Waals surface area contributed by atoms with Crippen LogP contribution < -0.4 is 0 Å². The molecule has 0 bridgehead atoms. The molecule has 1 aromatic heterocycles. The van der Waals surface area contributed by atoms with E-state index < -0.39 is 0 Å². The van der Waals surface area contributed by atoms with E-state index in [9.17, 15) is 10.1 Å². The summed E-state index contributed by atoms with van der Waals surface area (Å²) < 4.78 is 7.13. The van der Waals surface area contributed by atoms with Gasteiger partial charge in [-0.05, 0) is 43.3 Å². The van der Waals surface area contributed by atoms with Crippen LogP contribution in [-0.4, -0.2) is 22.1 Å². The minimum absolute atomic E-state index is 0.323. The van der Waals surface area contributed by atoms with E-state index >= 15 is 0 Å².